The minimum absolute atomic E-state index is 0.0920. The zero-order valence-electron chi connectivity index (χ0n) is 10.8. The molecule has 0 unspecified atom stereocenters. The molecule has 19 heavy (non-hydrogen) atoms. The molecule has 0 bridgehead atoms. The molecule has 0 aliphatic rings. The van der Waals surface area contributed by atoms with Crippen LogP contribution in [-0.2, 0) is 9.47 Å². The third-order valence-corrected chi connectivity index (χ3v) is 2.11. The Morgan fingerprint density at radius 2 is 2.11 bits per heavy atom. The molecule has 1 rings (SSSR count). The maximum absolute atomic E-state index is 8.46. The predicted molar refractivity (Wildman–Crippen MR) is 67.3 cm³/mol. The number of hydrogen-bond acceptors (Lipinski definition) is 7. The molecule has 0 amide bonds. The lowest BCUT2D eigenvalue weighted by Gasteiger charge is -2.06. The van der Waals surface area contributed by atoms with E-state index in [1.54, 1.807) is 7.11 Å². The highest BCUT2D eigenvalue weighted by Crippen LogP contribution is 2.04. The first-order valence-electron chi connectivity index (χ1n) is 5.77. The first-order chi connectivity index (χ1) is 9.27. The fraction of sp³-hybridized carbons (Fsp3) is 0.545. The zero-order valence-corrected chi connectivity index (χ0v) is 10.8. The van der Waals surface area contributed by atoms with Crippen LogP contribution < -0.4 is 10.5 Å². The smallest absolute Gasteiger partial charge is 0.232 e. The average Bonchev–Trinajstić information content (AvgIpc) is 2.46. The fourth-order valence-electron chi connectivity index (χ4n) is 1.16. The Balaban J connectivity index is 2.19. The quantitative estimate of drug-likeness (QED) is 0.213. The summed E-state index contributed by atoms with van der Waals surface area (Å²) in [6.45, 7) is 2.23. The number of nitrogens with zero attached hydrogens (tertiary/aromatic N) is 3. The van der Waals surface area contributed by atoms with E-state index in [4.69, 9.17) is 25.2 Å². The highest BCUT2D eigenvalue weighted by molar-refractivity contribution is 5.94. The minimum atomic E-state index is -0.0920. The van der Waals surface area contributed by atoms with Crippen molar-refractivity contribution >= 4 is 5.84 Å². The van der Waals surface area contributed by atoms with Crippen molar-refractivity contribution in [1.82, 2.24) is 9.97 Å². The molecule has 0 radical (unpaired) electrons. The van der Waals surface area contributed by atoms with Crippen molar-refractivity contribution in [3.63, 3.8) is 0 Å². The Kier molecular flexibility index (Phi) is 7.21. The van der Waals surface area contributed by atoms with Gasteiger partial charge in [-0.1, -0.05) is 5.16 Å². The normalized spacial score (nSPS) is 11.5. The van der Waals surface area contributed by atoms with E-state index in [0.29, 0.717) is 32.3 Å². The van der Waals surface area contributed by atoms with Gasteiger partial charge in [0.25, 0.3) is 0 Å². The summed E-state index contributed by atoms with van der Waals surface area (Å²) in [6.07, 6.45) is 3.53. The molecular weight excluding hydrogens is 252 g/mol. The second-order valence-electron chi connectivity index (χ2n) is 3.53. The molecule has 0 saturated heterocycles. The van der Waals surface area contributed by atoms with Gasteiger partial charge in [-0.15, -0.1) is 0 Å². The highest BCUT2D eigenvalue weighted by atomic mass is 16.5. The number of ether oxygens (including phenoxy) is 3. The summed E-state index contributed by atoms with van der Waals surface area (Å²) in [5, 5.41) is 11.3. The molecular formula is C11H18N4O4. The van der Waals surface area contributed by atoms with Gasteiger partial charge < -0.3 is 25.2 Å². The zero-order chi connectivity index (χ0) is 13.9. The SMILES string of the molecule is COCCOCCCOc1cnc(C(N)=NO)cn1. The van der Waals surface area contributed by atoms with Crippen molar-refractivity contribution in [2.75, 3.05) is 33.5 Å². The molecule has 0 aliphatic heterocycles. The van der Waals surface area contributed by atoms with Gasteiger partial charge in [-0.2, -0.15) is 0 Å². The summed E-state index contributed by atoms with van der Waals surface area (Å²) in [6, 6.07) is 0. The molecule has 0 atom stereocenters. The standard InChI is InChI=1S/C11H18N4O4/c1-17-5-6-18-3-2-4-19-10-8-13-9(7-14-10)11(12)15-16/h7-8,16H,2-6H2,1H3,(H2,12,15). The van der Waals surface area contributed by atoms with E-state index in [9.17, 15) is 0 Å². The van der Waals surface area contributed by atoms with Crippen molar-refractivity contribution in [2.24, 2.45) is 10.9 Å². The average molecular weight is 270 g/mol. The molecule has 0 fully saturated rings. The second-order valence-corrected chi connectivity index (χ2v) is 3.53. The van der Waals surface area contributed by atoms with Gasteiger partial charge in [0.1, 0.15) is 5.69 Å². The first-order valence-corrected chi connectivity index (χ1v) is 5.77. The van der Waals surface area contributed by atoms with Gasteiger partial charge in [0.15, 0.2) is 5.84 Å². The Morgan fingerprint density at radius 3 is 2.74 bits per heavy atom. The van der Waals surface area contributed by atoms with Gasteiger partial charge in [-0.3, -0.25) is 0 Å². The van der Waals surface area contributed by atoms with Gasteiger partial charge >= 0.3 is 0 Å². The topological polar surface area (TPSA) is 112 Å². The van der Waals surface area contributed by atoms with Gasteiger partial charge in [-0.25, -0.2) is 9.97 Å². The van der Waals surface area contributed by atoms with E-state index in [1.165, 1.54) is 12.4 Å². The Morgan fingerprint density at radius 1 is 1.26 bits per heavy atom. The number of methoxy groups -OCH3 is 1. The highest BCUT2D eigenvalue weighted by Gasteiger charge is 2.02. The van der Waals surface area contributed by atoms with Crippen LogP contribution in [0.15, 0.2) is 17.5 Å². The van der Waals surface area contributed by atoms with Crippen LogP contribution in [0.3, 0.4) is 0 Å². The maximum Gasteiger partial charge on any atom is 0.232 e. The second kappa shape index (κ2) is 9.06. The largest absolute Gasteiger partial charge is 0.476 e. The molecule has 106 valence electrons. The minimum Gasteiger partial charge on any atom is -0.476 e. The predicted octanol–water partition coefficient (Wildman–Crippen LogP) is 0.00300. The van der Waals surface area contributed by atoms with Crippen LogP contribution in [0.4, 0.5) is 0 Å². The van der Waals surface area contributed by atoms with Crippen molar-refractivity contribution < 1.29 is 19.4 Å². The lowest BCUT2D eigenvalue weighted by Crippen LogP contribution is -2.15. The van der Waals surface area contributed by atoms with Gasteiger partial charge in [0.2, 0.25) is 5.88 Å². The van der Waals surface area contributed by atoms with Gasteiger partial charge in [0, 0.05) is 20.1 Å². The van der Waals surface area contributed by atoms with E-state index in [1.807, 2.05) is 0 Å². The molecule has 1 aromatic rings. The molecule has 8 nitrogen and oxygen atoms in total. The van der Waals surface area contributed by atoms with E-state index in [0.717, 1.165) is 6.42 Å². The van der Waals surface area contributed by atoms with E-state index in [2.05, 4.69) is 15.1 Å². The maximum atomic E-state index is 8.46. The van der Waals surface area contributed by atoms with Gasteiger partial charge in [-0.05, 0) is 0 Å². The van der Waals surface area contributed by atoms with Crippen LogP contribution in [-0.4, -0.2) is 54.5 Å². The lowest BCUT2D eigenvalue weighted by molar-refractivity contribution is 0.0642. The summed E-state index contributed by atoms with van der Waals surface area (Å²) in [4.78, 5) is 7.92. The number of hydrogen-bond donors (Lipinski definition) is 2. The molecule has 1 heterocycles. The molecule has 0 saturated carbocycles. The monoisotopic (exact) mass is 270 g/mol. The van der Waals surface area contributed by atoms with Crippen LogP contribution in [0.25, 0.3) is 0 Å². The van der Waals surface area contributed by atoms with Crippen LogP contribution in [0, 0.1) is 0 Å². The van der Waals surface area contributed by atoms with Crippen molar-refractivity contribution in [3.05, 3.63) is 18.1 Å². The van der Waals surface area contributed by atoms with E-state index in [-0.39, 0.29) is 11.5 Å². The third kappa shape index (κ3) is 5.98. The van der Waals surface area contributed by atoms with Crippen molar-refractivity contribution in [1.29, 1.82) is 0 Å². The summed E-state index contributed by atoms with van der Waals surface area (Å²) < 4.78 is 15.5. The lowest BCUT2D eigenvalue weighted by atomic mass is 10.4. The molecule has 0 aliphatic carbocycles. The van der Waals surface area contributed by atoms with Crippen LogP contribution >= 0.6 is 0 Å². The fourth-order valence-corrected chi connectivity index (χ4v) is 1.16. The molecule has 3 N–H and O–H groups in total. The number of nitrogens with two attached hydrogens (primary N) is 1. The van der Waals surface area contributed by atoms with Crippen LogP contribution in [0.1, 0.15) is 12.1 Å². The summed E-state index contributed by atoms with van der Waals surface area (Å²) in [5.41, 5.74) is 5.64. The Hall–Kier alpha value is -1.93. The number of amidine groups is 1. The number of oxime groups is 1. The Labute approximate surface area is 111 Å². The van der Waals surface area contributed by atoms with Crippen molar-refractivity contribution in [2.45, 2.75) is 6.42 Å². The molecule has 8 heteroatoms. The van der Waals surface area contributed by atoms with E-state index >= 15 is 0 Å². The molecule has 1 aromatic heterocycles. The third-order valence-electron chi connectivity index (χ3n) is 2.11. The summed E-state index contributed by atoms with van der Waals surface area (Å²) in [5.74, 6) is 0.289. The Bertz CT molecular complexity index is 383. The first kappa shape index (κ1) is 15.1. The number of aromatic nitrogens is 2. The summed E-state index contributed by atoms with van der Waals surface area (Å²) >= 11 is 0. The van der Waals surface area contributed by atoms with Crippen LogP contribution in [0.5, 0.6) is 5.88 Å². The molecule has 0 spiro atoms. The van der Waals surface area contributed by atoms with E-state index < -0.39 is 0 Å². The van der Waals surface area contributed by atoms with Crippen LogP contribution in [0.2, 0.25) is 0 Å². The summed E-state index contributed by atoms with van der Waals surface area (Å²) in [7, 11) is 1.63. The van der Waals surface area contributed by atoms with Gasteiger partial charge in [0.05, 0.1) is 32.2 Å². The number of rotatable bonds is 9. The molecule has 0 aromatic carbocycles. The van der Waals surface area contributed by atoms with Crippen molar-refractivity contribution in [3.8, 4) is 5.88 Å².